The lowest BCUT2D eigenvalue weighted by Gasteiger charge is -2.39. The molecule has 4 aliphatic rings. The van der Waals surface area contributed by atoms with Crippen LogP contribution < -0.4 is 4.74 Å². The van der Waals surface area contributed by atoms with Gasteiger partial charge < -0.3 is 14.5 Å². The number of aromatic amines is 1. The van der Waals surface area contributed by atoms with Crippen molar-refractivity contribution in [3.63, 3.8) is 0 Å². The Bertz CT molecular complexity index is 1360. The number of benzene rings is 1. The predicted octanol–water partition coefficient (Wildman–Crippen LogP) is 5.01. The molecular weight excluding hydrogens is 450 g/mol. The second-order valence-corrected chi connectivity index (χ2v) is 11.3. The van der Waals surface area contributed by atoms with E-state index in [1.54, 1.807) is 0 Å². The molecule has 6 rings (SSSR count). The van der Waals surface area contributed by atoms with Crippen LogP contribution in [0.1, 0.15) is 84.5 Å². The zero-order valence-corrected chi connectivity index (χ0v) is 21.5. The lowest BCUT2D eigenvalue weighted by atomic mass is 9.70. The third kappa shape index (κ3) is 3.65. The number of carbonyl (C=O) groups is 1. The Labute approximate surface area is 212 Å². The molecule has 0 amide bonds. The Morgan fingerprint density at radius 3 is 2.69 bits per heavy atom. The lowest BCUT2D eigenvalue weighted by molar-refractivity contribution is -0.0612. The van der Waals surface area contributed by atoms with E-state index in [9.17, 15) is 10.1 Å². The molecule has 1 N–H and O–H groups in total. The molecule has 0 unspecified atom stereocenters. The van der Waals surface area contributed by atoms with Crippen molar-refractivity contribution in [1.29, 1.82) is 5.26 Å². The summed E-state index contributed by atoms with van der Waals surface area (Å²) in [5.74, 6) is 0.974. The number of aromatic nitrogens is 1. The Morgan fingerprint density at radius 1 is 1.25 bits per heavy atom. The van der Waals surface area contributed by atoms with Crippen LogP contribution in [0.3, 0.4) is 0 Å². The normalized spacial score (nSPS) is 21.1. The van der Waals surface area contributed by atoms with E-state index in [1.807, 2.05) is 6.08 Å². The minimum atomic E-state index is -0.323. The molecule has 36 heavy (non-hydrogen) atoms. The van der Waals surface area contributed by atoms with E-state index in [1.165, 1.54) is 22.3 Å². The maximum absolute atomic E-state index is 13.1. The van der Waals surface area contributed by atoms with Crippen molar-refractivity contribution < 1.29 is 14.3 Å². The van der Waals surface area contributed by atoms with Crippen LogP contribution in [0.15, 0.2) is 23.8 Å². The van der Waals surface area contributed by atoms with Gasteiger partial charge in [-0.05, 0) is 60.7 Å². The Hall–Kier alpha value is -3.14. The first-order valence-electron chi connectivity index (χ1n) is 13.0. The van der Waals surface area contributed by atoms with Crippen LogP contribution in [-0.4, -0.2) is 54.1 Å². The molecular formula is C30H33N3O3. The van der Waals surface area contributed by atoms with Gasteiger partial charge in [-0.25, -0.2) is 0 Å². The largest absolute Gasteiger partial charge is 0.490 e. The molecule has 3 heterocycles. The highest BCUT2D eigenvalue weighted by Gasteiger charge is 2.40. The van der Waals surface area contributed by atoms with E-state index in [-0.39, 0.29) is 23.7 Å². The number of nitriles is 1. The average Bonchev–Trinajstić information content (AvgIpc) is 3.18. The number of rotatable bonds is 4. The number of allylic oxidation sites excluding steroid dienone is 1. The fourth-order valence-electron chi connectivity index (χ4n) is 6.23. The van der Waals surface area contributed by atoms with Gasteiger partial charge in [0, 0.05) is 53.7 Å². The summed E-state index contributed by atoms with van der Waals surface area (Å²) in [4.78, 5) is 19.1. The van der Waals surface area contributed by atoms with Gasteiger partial charge in [0.05, 0.1) is 37.1 Å². The minimum absolute atomic E-state index is 0.0378. The van der Waals surface area contributed by atoms with Crippen molar-refractivity contribution in [2.75, 3.05) is 26.3 Å². The van der Waals surface area contributed by atoms with Crippen LogP contribution in [0.25, 0.3) is 11.6 Å². The number of hydrogen-bond donors (Lipinski definition) is 1. The highest BCUT2D eigenvalue weighted by atomic mass is 16.5. The van der Waals surface area contributed by atoms with Gasteiger partial charge in [0.2, 0.25) is 0 Å². The molecule has 186 valence electrons. The number of fused-ring (bicyclic) bond motifs is 4. The Kier molecular flexibility index (Phi) is 5.47. The van der Waals surface area contributed by atoms with Gasteiger partial charge in [-0.2, -0.15) is 5.26 Å². The summed E-state index contributed by atoms with van der Waals surface area (Å²) in [6, 6.07) is 7.26. The van der Waals surface area contributed by atoms with E-state index < -0.39 is 0 Å². The fourth-order valence-corrected chi connectivity index (χ4v) is 6.23. The summed E-state index contributed by atoms with van der Waals surface area (Å²) in [5, 5.41) is 9.39. The molecule has 2 aliphatic carbocycles. The summed E-state index contributed by atoms with van der Waals surface area (Å²) in [7, 11) is 0. The quantitative estimate of drug-likeness (QED) is 0.661. The summed E-state index contributed by atoms with van der Waals surface area (Å²) in [6.07, 6.45) is 6.14. The van der Waals surface area contributed by atoms with Gasteiger partial charge >= 0.3 is 0 Å². The molecule has 2 aromatic rings. The van der Waals surface area contributed by atoms with Crippen molar-refractivity contribution in [2.24, 2.45) is 0 Å². The molecule has 1 saturated heterocycles. The number of nitrogens with one attached hydrogen (secondary N) is 1. The van der Waals surface area contributed by atoms with Gasteiger partial charge in [0.15, 0.2) is 5.78 Å². The van der Waals surface area contributed by atoms with Crippen molar-refractivity contribution in [3.05, 3.63) is 63.0 Å². The van der Waals surface area contributed by atoms with Crippen LogP contribution in [0, 0.1) is 11.3 Å². The summed E-state index contributed by atoms with van der Waals surface area (Å²) < 4.78 is 11.8. The van der Waals surface area contributed by atoms with Gasteiger partial charge in [-0.15, -0.1) is 0 Å². The number of ketones is 1. The van der Waals surface area contributed by atoms with Crippen LogP contribution in [0.2, 0.25) is 0 Å². The van der Waals surface area contributed by atoms with Gasteiger partial charge in [0.25, 0.3) is 0 Å². The van der Waals surface area contributed by atoms with E-state index >= 15 is 0 Å². The van der Waals surface area contributed by atoms with Crippen molar-refractivity contribution >= 4 is 17.4 Å². The van der Waals surface area contributed by atoms with Gasteiger partial charge in [-0.1, -0.05) is 19.9 Å². The number of carbonyl (C=O) groups excluding carboxylic acids is 1. The molecule has 6 heteroatoms. The van der Waals surface area contributed by atoms with E-state index in [0.29, 0.717) is 18.0 Å². The molecule has 1 fully saturated rings. The van der Waals surface area contributed by atoms with Crippen molar-refractivity contribution in [2.45, 2.75) is 64.5 Å². The topological polar surface area (TPSA) is 78.3 Å². The number of H-pyrrole nitrogens is 1. The highest BCUT2D eigenvalue weighted by molar-refractivity contribution is 6.06. The number of Topliss-reactive ketones (excluding diaryl/α,β-unsaturated/α-hetero) is 1. The Morgan fingerprint density at radius 2 is 2.06 bits per heavy atom. The Balaban J connectivity index is 1.44. The van der Waals surface area contributed by atoms with E-state index in [2.05, 4.69) is 61.9 Å². The van der Waals surface area contributed by atoms with Crippen molar-refractivity contribution in [3.8, 4) is 11.8 Å². The van der Waals surface area contributed by atoms with Crippen LogP contribution in [0.4, 0.5) is 0 Å². The highest BCUT2D eigenvalue weighted by Crippen LogP contribution is 2.47. The molecule has 0 spiro atoms. The van der Waals surface area contributed by atoms with Gasteiger partial charge in [-0.3, -0.25) is 9.69 Å². The summed E-state index contributed by atoms with van der Waals surface area (Å²) in [6.45, 7) is 12.2. The zero-order chi connectivity index (χ0) is 25.2. The van der Waals surface area contributed by atoms with Crippen LogP contribution in [-0.2, 0) is 16.6 Å². The second-order valence-electron chi connectivity index (χ2n) is 11.3. The number of nitrogens with zero attached hydrogens (tertiary/aromatic N) is 2. The van der Waals surface area contributed by atoms with Crippen molar-refractivity contribution in [1.82, 2.24) is 9.88 Å². The SMILES string of the molecule is CC(C)Oc1cc2c(cc1C1=CCN(C3COC3)CC1)Cc1c([nH]c3c1C(=O)CC(C#N)=C3)C2(C)C. The first-order chi connectivity index (χ1) is 17.3. The molecule has 0 saturated carbocycles. The number of hydrogen-bond acceptors (Lipinski definition) is 5. The average molecular weight is 484 g/mol. The summed E-state index contributed by atoms with van der Waals surface area (Å²) >= 11 is 0. The first kappa shape index (κ1) is 23.3. The van der Waals surface area contributed by atoms with Gasteiger partial charge in [0.1, 0.15) is 5.75 Å². The molecule has 1 aromatic carbocycles. The standard InChI is InChI=1S/C30H33N3O3/c1-17(2)36-27-13-24-20(11-22(27)19-5-7-33(8-6-19)21-15-35-16-21)12-23-28-25(32-29(23)30(24,3)4)9-18(14-31)10-26(28)34/h5,9,11,13,17,21,32H,6-8,10,12,15-16H2,1-4H3. The smallest absolute Gasteiger partial charge is 0.170 e. The third-order valence-electron chi connectivity index (χ3n) is 8.18. The molecule has 0 radical (unpaired) electrons. The molecule has 0 atom stereocenters. The number of ether oxygens (including phenoxy) is 2. The molecule has 0 bridgehead atoms. The third-order valence-corrected chi connectivity index (χ3v) is 8.18. The maximum atomic E-state index is 13.1. The fraction of sp³-hybridized carbons (Fsp3) is 0.467. The zero-order valence-electron chi connectivity index (χ0n) is 21.5. The van der Waals surface area contributed by atoms with E-state index in [0.717, 1.165) is 61.0 Å². The predicted molar refractivity (Wildman–Crippen MR) is 139 cm³/mol. The summed E-state index contributed by atoms with van der Waals surface area (Å²) in [5.41, 5.74) is 8.88. The maximum Gasteiger partial charge on any atom is 0.170 e. The lowest BCUT2D eigenvalue weighted by Crippen LogP contribution is -2.50. The minimum Gasteiger partial charge on any atom is -0.490 e. The molecule has 2 aliphatic heterocycles. The van der Waals surface area contributed by atoms with Crippen LogP contribution >= 0.6 is 0 Å². The molecule has 6 nitrogen and oxygen atoms in total. The molecule has 1 aromatic heterocycles. The van der Waals surface area contributed by atoms with Crippen LogP contribution in [0.5, 0.6) is 5.75 Å². The van der Waals surface area contributed by atoms with E-state index in [4.69, 9.17) is 9.47 Å². The first-order valence-corrected chi connectivity index (χ1v) is 13.0. The second kappa shape index (κ2) is 8.47. The monoisotopic (exact) mass is 483 g/mol.